The predicted octanol–water partition coefficient (Wildman–Crippen LogP) is 1.44. The second-order valence-corrected chi connectivity index (χ2v) is 8.78. The van der Waals surface area contributed by atoms with Gasteiger partial charge in [-0.1, -0.05) is 11.9 Å². The number of nitrogens with two attached hydrogens (primary N) is 1. The lowest BCUT2D eigenvalue weighted by atomic mass is 9.89. The molecule has 1 fully saturated rings. The standard InChI is InChI=1S/C17H26BBrN6OS/c1-23(2)9-10-27-25-7-5-24(6-8-25)13-3-4-14(19)15(11-13)22-18-16-12-26-17(20)21-16/h3-4,11-12,18,22H,5-10H2,1-2H3,(H2,20,21). The van der Waals surface area contributed by atoms with Crippen molar-refractivity contribution in [3.05, 3.63) is 28.9 Å². The van der Waals surface area contributed by atoms with Crippen LogP contribution in [0.2, 0.25) is 0 Å². The molecule has 0 radical (unpaired) electrons. The molecule has 1 aliphatic heterocycles. The average Bonchev–Trinajstić information content (AvgIpc) is 3.07. The first kappa shape index (κ1) is 20.4. The Morgan fingerprint density at radius 2 is 2.11 bits per heavy atom. The molecule has 3 N–H and O–H groups in total. The summed E-state index contributed by atoms with van der Waals surface area (Å²) in [5.41, 5.74) is 8.58. The fourth-order valence-electron chi connectivity index (χ4n) is 2.86. The van der Waals surface area contributed by atoms with Crippen LogP contribution in [0, 0.1) is 0 Å². The van der Waals surface area contributed by atoms with Crippen molar-refractivity contribution in [1.29, 1.82) is 0 Å². The van der Waals surface area contributed by atoms with E-state index < -0.39 is 0 Å². The highest BCUT2D eigenvalue weighted by Crippen LogP contribution is 2.29. The van der Waals surface area contributed by atoms with Crippen molar-refractivity contribution >= 4 is 58.3 Å². The van der Waals surface area contributed by atoms with Gasteiger partial charge >= 0.3 is 0 Å². The Balaban J connectivity index is 1.53. The van der Waals surface area contributed by atoms with Crippen molar-refractivity contribution < 1.29 is 4.42 Å². The largest absolute Gasteiger partial charge is 0.433 e. The number of benzene rings is 1. The SMILES string of the molecule is CN(C)CCSN1CCN(c2ccc(Br)c(NBc3coc(N)n3)c2)CC1. The minimum atomic E-state index is 0.195. The molecule has 0 spiro atoms. The molecule has 7 nitrogen and oxygen atoms in total. The summed E-state index contributed by atoms with van der Waals surface area (Å²) in [5, 5.41) is 3.40. The number of anilines is 3. The third-order valence-corrected chi connectivity index (χ3v) is 6.18. The zero-order valence-corrected chi connectivity index (χ0v) is 18.2. The summed E-state index contributed by atoms with van der Waals surface area (Å²) in [6.07, 6.45) is 1.58. The summed E-state index contributed by atoms with van der Waals surface area (Å²) in [5.74, 6) is 1.14. The highest BCUT2D eigenvalue weighted by molar-refractivity contribution is 9.10. The molecule has 27 heavy (non-hydrogen) atoms. The minimum Gasteiger partial charge on any atom is -0.433 e. The summed E-state index contributed by atoms with van der Waals surface area (Å²) in [7, 11) is 4.81. The van der Waals surface area contributed by atoms with Crippen LogP contribution in [0.5, 0.6) is 0 Å². The van der Waals surface area contributed by atoms with Gasteiger partial charge in [0.25, 0.3) is 13.4 Å². The van der Waals surface area contributed by atoms with E-state index in [1.165, 1.54) is 5.69 Å². The van der Waals surface area contributed by atoms with E-state index in [-0.39, 0.29) is 6.01 Å². The first-order valence-corrected chi connectivity index (χ1v) is 10.8. The molecule has 146 valence electrons. The minimum absolute atomic E-state index is 0.195. The van der Waals surface area contributed by atoms with E-state index in [1.807, 2.05) is 11.9 Å². The van der Waals surface area contributed by atoms with Crippen LogP contribution in [0.1, 0.15) is 0 Å². The van der Waals surface area contributed by atoms with E-state index in [4.69, 9.17) is 10.2 Å². The molecule has 1 aliphatic rings. The van der Waals surface area contributed by atoms with Crippen LogP contribution in [-0.4, -0.2) is 74.2 Å². The van der Waals surface area contributed by atoms with E-state index in [0.29, 0.717) is 7.41 Å². The highest BCUT2D eigenvalue weighted by Gasteiger charge is 2.18. The first-order chi connectivity index (χ1) is 13.0. The van der Waals surface area contributed by atoms with Gasteiger partial charge < -0.3 is 25.2 Å². The molecule has 0 bridgehead atoms. The maximum Gasteiger partial charge on any atom is 0.293 e. The number of hydrogen-bond acceptors (Lipinski definition) is 8. The molecule has 0 amide bonds. The van der Waals surface area contributed by atoms with Gasteiger partial charge in [-0.05, 0) is 48.2 Å². The second-order valence-electron chi connectivity index (χ2n) is 6.75. The number of aromatic nitrogens is 1. The molecule has 3 rings (SSSR count). The van der Waals surface area contributed by atoms with Gasteiger partial charge in [-0.15, -0.1) is 0 Å². The number of hydrogen-bond donors (Lipinski definition) is 2. The molecule has 0 atom stereocenters. The van der Waals surface area contributed by atoms with Crippen LogP contribution in [0.4, 0.5) is 17.4 Å². The smallest absolute Gasteiger partial charge is 0.293 e. The number of oxazole rings is 1. The van der Waals surface area contributed by atoms with E-state index in [2.05, 4.69) is 72.5 Å². The van der Waals surface area contributed by atoms with E-state index in [0.717, 1.165) is 54.2 Å². The maximum atomic E-state index is 5.53. The third-order valence-electron chi connectivity index (χ3n) is 4.40. The summed E-state index contributed by atoms with van der Waals surface area (Å²) >= 11 is 5.57. The molecule has 1 aromatic heterocycles. The van der Waals surface area contributed by atoms with Gasteiger partial charge in [0.15, 0.2) is 0 Å². The Bertz CT molecular complexity index is 738. The van der Waals surface area contributed by atoms with Crippen LogP contribution in [0.3, 0.4) is 0 Å². The summed E-state index contributed by atoms with van der Waals surface area (Å²) < 4.78 is 8.56. The Morgan fingerprint density at radius 1 is 1.33 bits per heavy atom. The Hall–Kier alpha value is -1.36. The molecule has 2 aromatic rings. The molecular formula is C17H26BBrN6OS. The van der Waals surface area contributed by atoms with Gasteiger partial charge in [-0.2, -0.15) is 0 Å². The van der Waals surface area contributed by atoms with Gasteiger partial charge in [0.1, 0.15) is 6.26 Å². The Kier molecular flexibility index (Phi) is 7.34. The predicted molar refractivity (Wildman–Crippen MR) is 120 cm³/mol. The van der Waals surface area contributed by atoms with Crippen LogP contribution >= 0.6 is 27.9 Å². The lowest BCUT2D eigenvalue weighted by molar-refractivity contribution is 0.417. The summed E-state index contributed by atoms with van der Waals surface area (Å²) in [6.45, 7) is 5.35. The van der Waals surface area contributed by atoms with Crippen LogP contribution in [0.25, 0.3) is 0 Å². The zero-order chi connectivity index (χ0) is 19.2. The number of rotatable bonds is 8. The van der Waals surface area contributed by atoms with Crippen LogP contribution in [-0.2, 0) is 0 Å². The Morgan fingerprint density at radius 3 is 2.78 bits per heavy atom. The number of halogens is 1. The zero-order valence-electron chi connectivity index (χ0n) is 15.8. The van der Waals surface area contributed by atoms with E-state index >= 15 is 0 Å². The van der Waals surface area contributed by atoms with Crippen molar-refractivity contribution in [2.24, 2.45) is 0 Å². The average molecular weight is 453 g/mol. The van der Waals surface area contributed by atoms with Crippen molar-refractivity contribution in [3.8, 4) is 0 Å². The third kappa shape index (κ3) is 6.07. The van der Waals surface area contributed by atoms with Gasteiger partial charge in [-0.3, -0.25) is 0 Å². The number of piperazine rings is 1. The molecule has 0 unspecified atom stereocenters. The van der Waals surface area contributed by atoms with Crippen molar-refractivity contribution in [2.75, 3.05) is 68.4 Å². The molecule has 1 aromatic carbocycles. The topological polar surface area (TPSA) is 73.8 Å². The summed E-state index contributed by atoms with van der Waals surface area (Å²) in [4.78, 5) is 8.79. The van der Waals surface area contributed by atoms with Crippen molar-refractivity contribution in [1.82, 2.24) is 14.2 Å². The molecule has 0 aliphatic carbocycles. The molecule has 1 saturated heterocycles. The van der Waals surface area contributed by atoms with Crippen molar-refractivity contribution in [3.63, 3.8) is 0 Å². The van der Waals surface area contributed by atoms with E-state index in [1.54, 1.807) is 6.26 Å². The summed E-state index contributed by atoms with van der Waals surface area (Å²) in [6, 6.07) is 6.63. The normalized spacial score (nSPS) is 15.3. The van der Waals surface area contributed by atoms with Gasteiger partial charge in [-0.25, -0.2) is 9.29 Å². The first-order valence-electron chi connectivity index (χ1n) is 9.02. The van der Waals surface area contributed by atoms with Crippen LogP contribution < -0.4 is 21.5 Å². The Labute approximate surface area is 174 Å². The number of nitrogens with zero attached hydrogens (tertiary/aromatic N) is 4. The second kappa shape index (κ2) is 9.72. The fraction of sp³-hybridized carbons (Fsp3) is 0.471. The maximum absolute atomic E-state index is 5.53. The van der Waals surface area contributed by atoms with Gasteiger partial charge in [0, 0.05) is 54.3 Å². The highest BCUT2D eigenvalue weighted by atomic mass is 79.9. The quantitative estimate of drug-likeness (QED) is 0.460. The molecular weight excluding hydrogens is 427 g/mol. The van der Waals surface area contributed by atoms with Crippen molar-refractivity contribution in [2.45, 2.75) is 0 Å². The van der Waals surface area contributed by atoms with E-state index in [9.17, 15) is 0 Å². The number of nitrogens with one attached hydrogen (secondary N) is 1. The molecule has 0 saturated carbocycles. The lowest BCUT2D eigenvalue weighted by Crippen LogP contribution is -2.43. The number of nitrogen functional groups attached to an aromatic ring is 1. The van der Waals surface area contributed by atoms with Crippen LogP contribution in [0.15, 0.2) is 33.4 Å². The van der Waals surface area contributed by atoms with Gasteiger partial charge in [0.2, 0.25) is 0 Å². The van der Waals surface area contributed by atoms with Gasteiger partial charge in [0.05, 0.1) is 5.59 Å². The molecule has 2 heterocycles. The monoisotopic (exact) mass is 452 g/mol. The molecule has 10 heteroatoms. The fourth-order valence-corrected chi connectivity index (χ4v) is 4.38. The lowest BCUT2D eigenvalue weighted by Gasteiger charge is -2.35.